The molecular formula is C14H16N2O5. The van der Waals surface area contributed by atoms with Crippen LogP contribution in [0.1, 0.15) is 19.3 Å². The molecule has 2 aliphatic rings. The molecule has 3 rings (SSSR count). The van der Waals surface area contributed by atoms with Crippen LogP contribution < -0.4 is 14.4 Å². The third-order valence-electron chi connectivity index (χ3n) is 3.85. The first-order valence-electron chi connectivity index (χ1n) is 7.00. The molecule has 0 spiro atoms. The van der Waals surface area contributed by atoms with Gasteiger partial charge in [0, 0.05) is 12.6 Å². The molecule has 2 aliphatic heterocycles. The number of hydrogen-bond donors (Lipinski definition) is 0. The van der Waals surface area contributed by atoms with E-state index in [1.165, 1.54) is 6.07 Å². The Balaban J connectivity index is 2.06. The van der Waals surface area contributed by atoms with Gasteiger partial charge in [-0.3, -0.25) is 10.1 Å². The summed E-state index contributed by atoms with van der Waals surface area (Å²) in [7, 11) is 0. The van der Waals surface area contributed by atoms with Crippen LogP contribution >= 0.6 is 0 Å². The van der Waals surface area contributed by atoms with Crippen molar-refractivity contribution in [3.05, 3.63) is 22.2 Å². The maximum Gasteiger partial charge on any atom is 0.296 e. The summed E-state index contributed by atoms with van der Waals surface area (Å²) in [5.74, 6) is 0.883. The smallest absolute Gasteiger partial charge is 0.296 e. The number of anilines is 1. The summed E-state index contributed by atoms with van der Waals surface area (Å²) in [5.41, 5.74) is 0.383. The second-order valence-corrected chi connectivity index (χ2v) is 5.13. The van der Waals surface area contributed by atoms with E-state index in [4.69, 9.17) is 9.47 Å². The van der Waals surface area contributed by atoms with Crippen LogP contribution in [0, 0.1) is 10.1 Å². The fraction of sp³-hybridized carbons (Fsp3) is 0.500. The summed E-state index contributed by atoms with van der Waals surface area (Å²) >= 11 is 0. The first-order valence-corrected chi connectivity index (χ1v) is 7.00. The molecular weight excluding hydrogens is 276 g/mol. The molecule has 1 atom stereocenters. The lowest BCUT2D eigenvalue weighted by molar-refractivity contribution is -0.384. The van der Waals surface area contributed by atoms with Crippen LogP contribution in [0.5, 0.6) is 11.5 Å². The Labute approximate surface area is 121 Å². The van der Waals surface area contributed by atoms with Crippen LogP contribution in [0.4, 0.5) is 11.4 Å². The van der Waals surface area contributed by atoms with E-state index in [0.717, 1.165) is 25.5 Å². The molecule has 112 valence electrons. The molecule has 21 heavy (non-hydrogen) atoms. The first kappa shape index (κ1) is 13.7. The molecule has 1 saturated heterocycles. The SMILES string of the molecule is O=CC1CCCCN1c1cc2c(cc1[N+](=O)[O-])OCCO2. The summed E-state index contributed by atoms with van der Waals surface area (Å²) < 4.78 is 10.9. The van der Waals surface area contributed by atoms with E-state index in [9.17, 15) is 14.9 Å². The number of piperidine rings is 1. The van der Waals surface area contributed by atoms with E-state index >= 15 is 0 Å². The Hall–Kier alpha value is -2.31. The van der Waals surface area contributed by atoms with Crippen LogP contribution in [0.2, 0.25) is 0 Å². The third-order valence-corrected chi connectivity index (χ3v) is 3.85. The number of carbonyl (C=O) groups excluding carboxylic acids is 1. The van der Waals surface area contributed by atoms with Gasteiger partial charge in [-0.15, -0.1) is 0 Å². The summed E-state index contributed by atoms with van der Waals surface area (Å²) in [4.78, 5) is 23.9. The van der Waals surface area contributed by atoms with Gasteiger partial charge in [0.1, 0.15) is 25.2 Å². The van der Waals surface area contributed by atoms with Crippen LogP contribution in [0.3, 0.4) is 0 Å². The molecule has 1 aromatic carbocycles. The standard InChI is InChI=1S/C14H16N2O5/c17-9-10-3-1-2-4-15(10)11-7-13-14(21-6-5-20-13)8-12(11)16(18)19/h7-10H,1-6H2. The Morgan fingerprint density at radius 2 is 1.95 bits per heavy atom. The van der Waals surface area contributed by atoms with Gasteiger partial charge in [-0.25, -0.2) is 0 Å². The summed E-state index contributed by atoms with van der Waals surface area (Å²) in [6, 6.07) is 2.69. The topological polar surface area (TPSA) is 81.9 Å². The Kier molecular flexibility index (Phi) is 3.64. The molecule has 0 aromatic heterocycles. The van der Waals surface area contributed by atoms with Crippen LogP contribution in [-0.2, 0) is 4.79 Å². The van der Waals surface area contributed by atoms with Crippen molar-refractivity contribution in [1.29, 1.82) is 0 Å². The average molecular weight is 292 g/mol. The fourth-order valence-corrected chi connectivity index (χ4v) is 2.84. The Morgan fingerprint density at radius 3 is 2.62 bits per heavy atom. The van der Waals surface area contributed by atoms with Crippen LogP contribution in [0.15, 0.2) is 12.1 Å². The maximum atomic E-state index is 11.3. The minimum Gasteiger partial charge on any atom is -0.486 e. The molecule has 7 heteroatoms. The highest BCUT2D eigenvalue weighted by atomic mass is 16.6. The zero-order valence-corrected chi connectivity index (χ0v) is 11.5. The lowest BCUT2D eigenvalue weighted by Gasteiger charge is -2.34. The number of ether oxygens (including phenoxy) is 2. The fourth-order valence-electron chi connectivity index (χ4n) is 2.84. The van der Waals surface area contributed by atoms with Gasteiger partial charge in [-0.2, -0.15) is 0 Å². The number of nitro groups is 1. The van der Waals surface area contributed by atoms with E-state index < -0.39 is 4.92 Å². The van der Waals surface area contributed by atoms with Gasteiger partial charge in [0.2, 0.25) is 0 Å². The first-order chi connectivity index (χ1) is 10.2. The Bertz CT molecular complexity index is 575. The van der Waals surface area contributed by atoms with E-state index in [1.807, 2.05) is 0 Å². The highest BCUT2D eigenvalue weighted by Crippen LogP contribution is 2.42. The normalized spacial score (nSPS) is 21.0. The number of hydrogen-bond acceptors (Lipinski definition) is 6. The average Bonchev–Trinajstić information content (AvgIpc) is 2.53. The van der Waals surface area contributed by atoms with Gasteiger partial charge in [-0.05, 0) is 19.3 Å². The minimum absolute atomic E-state index is 0.0481. The molecule has 0 radical (unpaired) electrons. The van der Waals surface area contributed by atoms with Gasteiger partial charge in [0.05, 0.1) is 17.0 Å². The highest BCUT2D eigenvalue weighted by Gasteiger charge is 2.30. The molecule has 0 N–H and O–H groups in total. The van der Waals surface area contributed by atoms with E-state index in [-0.39, 0.29) is 11.7 Å². The summed E-state index contributed by atoms with van der Waals surface area (Å²) in [5, 5.41) is 11.3. The molecule has 1 unspecified atom stereocenters. The zero-order valence-electron chi connectivity index (χ0n) is 11.5. The van der Waals surface area contributed by atoms with Gasteiger partial charge in [0.15, 0.2) is 11.5 Å². The summed E-state index contributed by atoms with van der Waals surface area (Å²) in [6.45, 7) is 1.43. The molecule has 1 aromatic rings. The number of nitro benzene ring substituents is 1. The van der Waals surface area contributed by atoms with Crippen LogP contribution in [0.25, 0.3) is 0 Å². The number of aldehydes is 1. The number of nitrogens with zero attached hydrogens (tertiary/aromatic N) is 2. The monoisotopic (exact) mass is 292 g/mol. The Morgan fingerprint density at radius 1 is 1.24 bits per heavy atom. The van der Waals surface area contributed by atoms with Crippen molar-refractivity contribution in [2.75, 3.05) is 24.7 Å². The second kappa shape index (κ2) is 5.59. The highest BCUT2D eigenvalue weighted by molar-refractivity contribution is 5.75. The zero-order chi connectivity index (χ0) is 14.8. The van der Waals surface area contributed by atoms with Crippen molar-refractivity contribution in [1.82, 2.24) is 0 Å². The van der Waals surface area contributed by atoms with Crippen molar-refractivity contribution in [3.63, 3.8) is 0 Å². The number of benzene rings is 1. The van der Waals surface area contributed by atoms with Crippen LogP contribution in [-0.4, -0.2) is 37.0 Å². The van der Waals surface area contributed by atoms with Crippen molar-refractivity contribution in [2.24, 2.45) is 0 Å². The van der Waals surface area contributed by atoms with Crippen molar-refractivity contribution < 1.29 is 19.2 Å². The molecule has 7 nitrogen and oxygen atoms in total. The van der Waals surface area contributed by atoms with Gasteiger partial charge in [0.25, 0.3) is 5.69 Å². The molecule has 0 aliphatic carbocycles. The number of carbonyl (C=O) groups is 1. The third kappa shape index (κ3) is 2.51. The van der Waals surface area contributed by atoms with Crippen molar-refractivity contribution in [3.8, 4) is 11.5 Å². The maximum absolute atomic E-state index is 11.3. The summed E-state index contributed by atoms with van der Waals surface area (Å²) in [6.07, 6.45) is 3.45. The van der Waals surface area contributed by atoms with Gasteiger partial charge < -0.3 is 19.2 Å². The van der Waals surface area contributed by atoms with E-state index in [2.05, 4.69) is 0 Å². The number of rotatable bonds is 3. The van der Waals surface area contributed by atoms with Crippen molar-refractivity contribution in [2.45, 2.75) is 25.3 Å². The van der Waals surface area contributed by atoms with E-state index in [0.29, 0.717) is 36.9 Å². The van der Waals surface area contributed by atoms with Gasteiger partial charge >= 0.3 is 0 Å². The molecule has 0 saturated carbocycles. The van der Waals surface area contributed by atoms with Gasteiger partial charge in [-0.1, -0.05) is 0 Å². The minimum atomic E-state index is -0.440. The second-order valence-electron chi connectivity index (χ2n) is 5.13. The predicted octanol–water partition coefficient (Wildman–Crippen LogP) is 1.92. The molecule has 0 bridgehead atoms. The molecule has 2 heterocycles. The van der Waals surface area contributed by atoms with Crippen molar-refractivity contribution >= 4 is 17.7 Å². The lowest BCUT2D eigenvalue weighted by Crippen LogP contribution is -2.41. The quantitative estimate of drug-likeness (QED) is 0.481. The molecule has 1 fully saturated rings. The predicted molar refractivity (Wildman–Crippen MR) is 75.1 cm³/mol. The molecule has 0 amide bonds. The largest absolute Gasteiger partial charge is 0.486 e. The van der Waals surface area contributed by atoms with E-state index in [1.54, 1.807) is 11.0 Å². The lowest BCUT2D eigenvalue weighted by atomic mass is 10.0. The number of fused-ring (bicyclic) bond motifs is 1.